The molecule has 0 radical (unpaired) electrons. The number of non-ortho nitro benzene ring substituents is 2. The highest BCUT2D eigenvalue weighted by molar-refractivity contribution is 6.06. The highest BCUT2D eigenvalue weighted by Gasteiger charge is 2.21. The third-order valence-electron chi connectivity index (χ3n) is 5.22. The number of para-hydroxylation sites is 1. The Kier molecular flexibility index (Phi) is 5.94. The lowest BCUT2D eigenvalue weighted by Gasteiger charge is -2.15. The smallest absolute Gasteiger partial charge is 0.277 e. The molecule has 12 nitrogen and oxygen atoms in total. The Bertz CT molecular complexity index is 1550. The Morgan fingerprint density at radius 1 is 1.00 bits per heavy atom. The number of rotatable bonds is 6. The van der Waals surface area contributed by atoms with Gasteiger partial charge in [0.25, 0.3) is 22.8 Å². The Morgan fingerprint density at radius 2 is 1.66 bits per heavy atom. The van der Waals surface area contributed by atoms with E-state index in [0.29, 0.717) is 22.4 Å². The molecule has 0 spiro atoms. The molecule has 0 bridgehead atoms. The van der Waals surface area contributed by atoms with Crippen LogP contribution in [-0.4, -0.2) is 32.4 Å². The molecule has 0 fully saturated rings. The van der Waals surface area contributed by atoms with E-state index >= 15 is 0 Å². The quantitative estimate of drug-likeness (QED) is 0.326. The SMILES string of the molecule is COc1cc(-n2c(C)nc3ccccc3c2=O)ccc1NC(=O)c1cc([N+](=O)[O-])cc([N+](=O)[O-])c1. The molecule has 0 saturated heterocycles. The molecule has 1 aromatic heterocycles. The summed E-state index contributed by atoms with van der Waals surface area (Å²) in [5.74, 6) is -0.185. The van der Waals surface area contributed by atoms with Gasteiger partial charge in [-0.25, -0.2) is 4.98 Å². The number of hydrogen-bond acceptors (Lipinski definition) is 8. The van der Waals surface area contributed by atoms with Gasteiger partial charge in [-0.3, -0.25) is 34.4 Å². The Labute approximate surface area is 196 Å². The number of fused-ring (bicyclic) bond motifs is 1. The molecule has 176 valence electrons. The van der Waals surface area contributed by atoms with Crippen LogP contribution >= 0.6 is 0 Å². The summed E-state index contributed by atoms with van der Waals surface area (Å²) in [6, 6.07) is 14.2. The van der Waals surface area contributed by atoms with Crippen molar-refractivity contribution in [3.05, 3.63) is 103 Å². The zero-order chi connectivity index (χ0) is 25.3. The minimum Gasteiger partial charge on any atom is -0.494 e. The average molecular weight is 475 g/mol. The Morgan fingerprint density at radius 3 is 2.29 bits per heavy atom. The predicted molar refractivity (Wildman–Crippen MR) is 126 cm³/mol. The van der Waals surface area contributed by atoms with Crippen LogP contribution in [0.5, 0.6) is 5.75 Å². The summed E-state index contributed by atoms with van der Waals surface area (Å²) >= 11 is 0. The highest BCUT2D eigenvalue weighted by Crippen LogP contribution is 2.29. The minimum absolute atomic E-state index is 0.190. The highest BCUT2D eigenvalue weighted by atomic mass is 16.6. The van der Waals surface area contributed by atoms with E-state index in [1.807, 2.05) is 0 Å². The van der Waals surface area contributed by atoms with Gasteiger partial charge in [-0.2, -0.15) is 0 Å². The number of hydrogen-bond donors (Lipinski definition) is 1. The van der Waals surface area contributed by atoms with E-state index in [9.17, 15) is 29.8 Å². The summed E-state index contributed by atoms with van der Waals surface area (Å²) in [5, 5.41) is 25.2. The summed E-state index contributed by atoms with van der Waals surface area (Å²) in [6.07, 6.45) is 0. The second kappa shape index (κ2) is 9.02. The van der Waals surface area contributed by atoms with Crippen molar-refractivity contribution < 1.29 is 19.4 Å². The molecule has 1 amide bonds. The Balaban J connectivity index is 1.72. The molecule has 0 saturated carbocycles. The normalized spacial score (nSPS) is 10.7. The van der Waals surface area contributed by atoms with Gasteiger partial charge >= 0.3 is 0 Å². The molecule has 0 aliphatic heterocycles. The number of methoxy groups -OCH3 is 1. The van der Waals surface area contributed by atoms with Crippen LogP contribution in [-0.2, 0) is 0 Å². The second-order valence-electron chi connectivity index (χ2n) is 7.41. The first-order chi connectivity index (χ1) is 16.7. The number of anilines is 1. The topological polar surface area (TPSA) is 160 Å². The molecule has 0 atom stereocenters. The number of carbonyl (C=O) groups excluding carboxylic acids is 1. The first-order valence-electron chi connectivity index (χ1n) is 10.1. The number of benzene rings is 3. The van der Waals surface area contributed by atoms with Crippen LogP contribution in [0.3, 0.4) is 0 Å². The largest absolute Gasteiger partial charge is 0.494 e. The minimum atomic E-state index is -0.823. The molecular weight excluding hydrogens is 458 g/mol. The summed E-state index contributed by atoms with van der Waals surface area (Å²) < 4.78 is 6.77. The lowest BCUT2D eigenvalue weighted by atomic mass is 10.1. The average Bonchev–Trinajstić information content (AvgIpc) is 2.84. The van der Waals surface area contributed by atoms with Gasteiger partial charge < -0.3 is 10.1 Å². The van der Waals surface area contributed by atoms with Gasteiger partial charge in [0.15, 0.2) is 0 Å². The van der Waals surface area contributed by atoms with Crippen molar-refractivity contribution in [2.75, 3.05) is 12.4 Å². The van der Waals surface area contributed by atoms with Gasteiger partial charge in [0.1, 0.15) is 11.6 Å². The van der Waals surface area contributed by atoms with E-state index in [0.717, 1.165) is 18.2 Å². The predicted octanol–water partition coefficient (Wildman–Crippen LogP) is 3.77. The van der Waals surface area contributed by atoms with Gasteiger partial charge in [-0.15, -0.1) is 0 Å². The number of carbonyl (C=O) groups is 1. The van der Waals surface area contributed by atoms with Crippen LogP contribution in [0.1, 0.15) is 16.2 Å². The van der Waals surface area contributed by atoms with Crippen LogP contribution in [0.15, 0.2) is 65.5 Å². The molecule has 1 heterocycles. The van der Waals surface area contributed by atoms with Crippen molar-refractivity contribution >= 4 is 33.9 Å². The molecule has 1 N–H and O–H groups in total. The summed E-state index contributed by atoms with van der Waals surface area (Å²) in [7, 11) is 1.36. The molecule has 0 unspecified atom stereocenters. The maximum Gasteiger partial charge on any atom is 0.277 e. The van der Waals surface area contributed by atoms with E-state index in [4.69, 9.17) is 4.74 Å². The maximum absolute atomic E-state index is 13.1. The summed E-state index contributed by atoms with van der Waals surface area (Å²) in [5.41, 5.74) is -0.552. The van der Waals surface area contributed by atoms with Gasteiger partial charge in [-0.05, 0) is 31.2 Å². The summed E-state index contributed by atoms with van der Waals surface area (Å²) in [6.45, 7) is 1.69. The fourth-order valence-electron chi connectivity index (χ4n) is 3.60. The third-order valence-corrected chi connectivity index (χ3v) is 5.22. The summed E-state index contributed by atoms with van der Waals surface area (Å²) in [4.78, 5) is 50.9. The van der Waals surface area contributed by atoms with Crippen LogP contribution in [0, 0.1) is 27.2 Å². The first kappa shape index (κ1) is 23.0. The van der Waals surface area contributed by atoms with Crippen LogP contribution < -0.4 is 15.6 Å². The maximum atomic E-state index is 13.1. The van der Waals surface area contributed by atoms with Crippen molar-refractivity contribution in [1.29, 1.82) is 0 Å². The van der Waals surface area contributed by atoms with E-state index in [1.165, 1.54) is 23.8 Å². The molecule has 4 aromatic rings. The van der Waals surface area contributed by atoms with Gasteiger partial charge in [0.05, 0.1) is 50.9 Å². The lowest BCUT2D eigenvalue weighted by molar-refractivity contribution is -0.394. The number of nitrogens with one attached hydrogen (secondary N) is 1. The van der Waals surface area contributed by atoms with Crippen molar-refractivity contribution in [1.82, 2.24) is 9.55 Å². The van der Waals surface area contributed by atoms with E-state index in [1.54, 1.807) is 37.3 Å². The molecule has 12 heteroatoms. The number of aryl methyl sites for hydroxylation is 1. The Hall–Kier alpha value is -5.13. The molecule has 3 aromatic carbocycles. The van der Waals surface area contributed by atoms with E-state index in [-0.39, 0.29) is 22.6 Å². The standard InChI is InChI=1S/C23H17N5O7/c1-13-24-19-6-4-3-5-18(19)23(30)26(13)15-7-8-20(21(12-15)35-2)25-22(29)14-9-16(27(31)32)11-17(10-14)28(33)34/h3-12H,1-2H3,(H,25,29). The van der Waals surface area contributed by atoms with Crippen molar-refractivity contribution in [2.45, 2.75) is 6.92 Å². The van der Waals surface area contributed by atoms with E-state index < -0.39 is 27.1 Å². The number of nitro benzene ring substituents is 2. The lowest BCUT2D eigenvalue weighted by Crippen LogP contribution is -2.22. The van der Waals surface area contributed by atoms with Crippen molar-refractivity contribution in [3.8, 4) is 11.4 Å². The van der Waals surface area contributed by atoms with Crippen molar-refractivity contribution in [2.24, 2.45) is 0 Å². The number of ether oxygens (including phenoxy) is 1. The van der Waals surface area contributed by atoms with Crippen LogP contribution in [0.25, 0.3) is 16.6 Å². The van der Waals surface area contributed by atoms with Crippen LogP contribution in [0.4, 0.5) is 17.1 Å². The molecule has 0 aliphatic rings. The molecule has 4 rings (SSSR count). The van der Waals surface area contributed by atoms with Crippen molar-refractivity contribution in [3.63, 3.8) is 0 Å². The molecule has 0 aliphatic carbocycles. The fourth-order valence-corrected chi connectivity index (χ4v) is 3.60. The number of nitrogens with zero attached hydrogens (tertiary/aromatic N) is 4. The van der Waals surface area contributed by atoms with E-state index in [2.05, 4.69) is 10.3 Å². The second-order valence-corrected chi connectivity index (χ2v) is 7.41. The zero-order valence-corrected chi connectivity index (χ0v) is 18.4. The van der Waals surface area contributed by atoms with Gasteiger partial charge in [0.2, 0.25) is 0 Å². The zero-order valence-electron chi connectivity index (χ0n) is 18.4. The third kappa shape index (κ3) is 4.39. The van der Waals surface area contributed by atoms with Gasteiger partial charge in [0, 0.05) is 18.2 Å². The molecular formula is C23H17N5O7. The van der Waals surface area contributed by atoms with Crippen LogP contribution in [0.2, 0.25) is 0 Å². The fraction of sp³-hybridized carbons (Fsp3) is 0.0870. The number of nitro groups is 2. The monoisotopic (exact) mass is 475 g/mol. The molecule has 35 heavy (non-hydrogen) atoms. The first-order valence-corrected chi connectivity index (χ1v) is 10.1. The number of aromatic nitrogens is 2. The number of amides is 1. The van der Waals surface area contributed by atoms with Gasteiger partial charge in [-0.1, -0.05) is 12.1 Å².